The van der Waals surface area contributed by atoms with Crippen LogP contribution in [-0.2, 0) is 9.53 Å². The van der Waals surface area contributed by atoms with Crippen LogP contribution in [0.5, 0.6) is 0 Å². The number of carbonyl (C=O) groups excluding carboxylic acids is 2. The molecule has 0 aromatic heterocycles. The van der Waals surface area contributed by atoms with Crippen LogP contribution in [0.4, 0.5) is 5.69 Å². The number of nitrogens with one attached hydrogen (secondary N) is 2. The lowest BCUT2D eigenvalue weighted by atomic mass is 10.1. The molecule has 5 nitrogen and oxygen atoms in total. The maximum atomic E-state index is 11.8. The molecule has 0 saturated heterocycles. The number of likely N-dealkylation sites (N-methyl/N-ethyl adjacent to an activating group) is 1. The van der Waals surface area contributed by atoms with E-state index in [2.05, 4.69) is 10.6 Å². The Balaban J connectivity index is 2.38. The number of amides is 1. The fourth-order valence-corrected chi connectivity index (χ4v) is 1.51. The van der Waals surface area contributed by atoms with E-state index in [-0.39, 0.29) is 18.3 Å². The maximum Gasteiger partial charge on any atom is 0.221 e. The normalized spacial score (nSPS) is 10.2. The van der Waals surface area contributed by atoms with E-state index in [1.807, 2.05) is 6.92 Å². The van der Waals surface area contributed by atoms with Crippen LogP contribution >= 0.6 is 0 Å². The Morgan fingerprint density at radius 3 is 2.47 bits per heavy atom. The molecule has 1 aromatic rings. The molecule has 1 amide bonds. The van der Waals surface area contributed by atoms with E-state index in [4.69, 9.17) is 4.74 Å². The maximum absolute atomic E-state index is 11.8. The number of hydrogen-bond donors (Lipinski definition) is 2. The molecule has 5 heteroatoms. The molecule has 1 rings (SSSR count). The summed E-state index contributed by atoms with van der Waals surface area (Å²) in [5.41, 5.74) is 1.26. The van der Waals surface area contributed by atoms with Crippen molar-refractivity contribution < 1.29 is 14.3 Å². The van der Waals surface area contributed by atoms with Crippen molar-refractivity contribution >= 4 is 17.4 Å². The highest BCUT2D eigenvalue weighted by Gasteiger charge is 2.06. The van der Waals surface area contributed by atoms with Gasteiger partial charge in [0.15, 0.2) is 5.78 Å². The van der Waals surface area contributed by atoms with Crippen molar-refractivity contribution in [1.29, 1.82) is 0 Å². The summed E-state index contributed by atoms with van der Waals surface area (Å²) in [7, 11) is 0. The van der Waals surface area contributed by atoms with Gasteiger partial charge in [-0.3, -0.25) is 9.59 Å². The molecule has 104 valence electrons. The molecule has 0 aliphatic carbocycles. The van der Waals surface area contributed by atoms with Crippen molar-refractivity contribution in [2.45, 2.75) is 13.8 Å². The Hall–Kier alpha value is -1.72. The molecule has 19 heavy (non-hydrogen) atoms. The number of anilines is 1. The largest absolute Gasteiger partial charge is 0.372 e. The smallest absolute Gasteiger partial charge is 0.221 e. The minimum atomic E-state index is -0.133. The second kappa shape index (κ2) is 8.39. The van der Waals surface area contributed by atoms with Crippen molar-refractivity contribution in [2.75, 3.05) is 31.6 Å². The van der Waals surface area contributed by atoms with E-state index < -0.39 is 0 Å². The summed E-state index contributed by atoms with van der Waals surface area (Å²) in [5.74, 6) is -0.197. The lowest BCUT2D eigenvalue weighted by molar-refractivity contribution is -0.114. The Kier molecular flexibility index (Phi) is 6.78. The van der Waals surface area contributed by atoms with E-state index in [1.165, 1.54) is 6.92 Å². The summed E-state index contributed by atoms with van der Waals surface area (Å²) in [4.78, 5) is 22.6. The minimum Gasteiger partial charge on any atom is -0.372 e. The highest BCUT2D eigenvalue weighted by molar-refractivity contribution is 5.97. The van der Waals surface area contributed by atoms with Gasteiger partial charge in [-0.25, -0.2) is 0 Å². The highest BCUT2D eigenvalue weighted by atomic mass is 16.5. The van der Waals surface area contributed by atoms with Gasteiger partial charge in [0.05, 0.1) is 6.61 Å². The van der Waals surface area contributed by atoms with Gasteiger partial charge in [-0.15, -0.1) is 0 Å². The first-order valence-corrected chi connectivity index (χ1v) is 6.32. The van der Waals surface area contributed by atoms with Crippen molar-refractivity contribution in [3.05, 3.63) is 29.8 Å². The van der Waals surface area contributed by atoms with Crippen LogP contribution in [0, 0.1) is 0 Å². The van der Waals surface area contributed by atoms with Crippen LogP contribution in [0.3, 0.4) is 0 Å². The molecule has 0 aliphatic heterocycles. The average molecular weight is 264 g/mol. The summed E-state index contributed by atoms with van der Waals surface area (Å²) in [6.07, 6.45) is 0. The average Bonchev–Trinajstić information content (AvgIpc) is 2.38. The third kappa shape index (κ3) is 6.13. The second-order valence-corrected chi connectivity index (χ2v) is 4.09. The molecule has 2 N–H and O–H groups in total. The number of carbonyl (C=O) groups is 2. The first-order valence-electron chi connectivity index (χ1n) is 6.32. The molecule has 0 atom stereocenters. The van der Waals surface area contributed by atoms with Gasteiger partial charge in [0.25, 0.3) is 0 Å². The predicted molar refractivity (Wildman–Crippen MR) is 74.4 cm³/mol. The van der Waals surface area contributed by atoms with Crippen molar-refractivity contribution in [3.63, 3.8) is 0 Å². The summed E-state index contributed by atoms with van der Waals surface area (Å²) < 4.78 is 5.26. The topological polar surface area (TPSA) is 67.4 Å². The fourth-order valence-electron chi connectivity index (χ4n) is 1.51. The van der Waals surface area contributed by atoms with Gasteiger partial charge in [0.2, 0.25) is 5.91 Å². The molecule has 0 unspecified atom stereocenters. The molecule has 0 spiro atoms. The summed E-state index contributed by atoms with van der Waals surface area (Å²) >= 11 is 0. The van der Waals surface area contributed by atoms with Crippen LogP contribution in [0.15, 0.2) is 24.3 Å². The van der Waals surface area contributed by atoms with Gasteiger partial charge in [-0.2, -0.15) is 0 Å². The zero-order valence-electron chi connectivity index (χ0n) is 11.4. The summed E-state index contributed by atoms with van der Waals surface area (Å²) in [5, 5.41) is 5.76. The van der Waals surface area contributed by atoms with E-state index in [1.54, 1.807) is 24.3 Å². The van der Waals surface area contributed by atoms with Crippen LogP contribution < -0.4 is 10.6 Å². The van der Waals surface area contributed by atoms with E-state index in [0.717, 1.165) is 13.1 Å². The van der Waals surface area contributed by atoms with Crippen LogP contribution in [0.1, 0.15) is 24.2 Å². The standard InChI is InChI=1S/C14H20N2O3/c1-3-15-8-9-19-10-14(18)12-4-6-13(7-5-12)16-11(2)17/h4-7,15H,3,8-10H2,1-2H3,(H,16,17). The monoisotopic (exact) mass is 264 g/mol. The van der Waals surface area contributed by atoms with E-state index in [9.17, 15) is 9.59 Å². The molecular formula is C14H20N2O3. The molecule has 0 saturated carbocycles. The van der Waals surface area contributed by atoms with Gasteiger partial charge in [-0.1, -0.05) is 6.92 Å². The Labute approximate surface area is 113 Å². The molecule has 0 aliphatic rings. The zero-order chi connectivity index (χ0) is 14.1. The first-order chi connectivity index (χ1) is 9.13. The third-order valence-corrected chi connectivity index (χ3v) is 2.43. The lowest BCUT2D eigenvalue weighted by Crippen LogP contribution is -2.20. The number of Topliss-reactive ketones (excluding diaryl/α,β-unsaturated/α-hetero) is 1. The number of hydrogen-bond acceptors (Lipinski definition) is 4. The predicted octanol–water partition coefficient (Wildman–Crippen LogP) is 1.45. The van der Waals surface area contributed by atoms with E-state index in [0.29, 0.717) is 17.9 Å². The van der Waals surface area contributed by atoms with Crippen molar-refractivity contribution in [3.8, 4) is 0 Å². The zero-order valence-corrected chi connectivity index (χ0v) is 11.4. The lowest BCUT2D eigenvalue weighted by Gasteiger charge is -2.05. The van der Waals surface area contributed by atoms with E-state index >= 15 is 0 Å². The van der Waals surface area contributed by atoms with Crippen molar-refractivity contribution in [1.82, 2.24) is 5.32 Å². The molecule has 0 fully saturated rings. The highest BCUT2D eigenvalue weighted by Crippen LogP contribution is 2.10. The number of rotatable bonds is 8. The van der Waals surface area contributed by atoms with Gasteiger partial charge in [0, 0.05) is 24.7 Å². The first kappa shape index (κ1) is 15.3. The number of ketones is 1. The summed E-state index contributed by atoms with van der Waals surface area (Å²) in [6.45, 7) is 5.68. The quantitative estimate of drug-likeness (QED) is 0.551. The Morgan fingerprint density at radius 2 is 1.89 bits per heavy atom. The summed E-state index contributed by atoms with van der Waals surface area (Å²) in [6, 6.07) is 6.77. The Bertz CT molecular complexity index is 415. The molecular weight excluding hydrogens is 244 g/mol. The van der Waals surface area contributed by atoms with Crippen LogP contribution in [0.2, 0.25) is 0 Å². The SMILES string of the molecule is CCNCCOCC(=O)c1ccc(NC(C)=O)cc1. The number of benzene rings is 1. The third-order valence-electron chi connectivity index (χ3n) is 2.43. The Morgan fingerprint density at radius 1 is 1.21 bits per heavy atom. The van der Waals surface area contributed by atoms with Crippen molar-refractivity contribution in [2.24, 2.45) is 0 Å². The molecule has 0 heterocycles. The van der Waals surface area contributed by atoms with Crippen LogP contribution in [-0.4, -0.2) is 38.0 Å². The minimum absolute atomic E-state index is 0.0640. The molecule has 0 bridgehead atoms. The van der Waals surface area contributed by atoms with Gasteiger partial charge >= 0.3 is 0 Å². The fraction of sp³-hybridized carbons (Fsp3) is 0.429. The van der Waals surface area contributed by atoms with Gasteiger partial charge < -0.3 is 15.4 Å². The van der Waals surface area contributed by atoms with Gasteiger partial charge in [0.1, 0.15) is 6.61 Å². The van der Waals surface area contributed by atoms with Gasteiger partial charge in [-0.05, 0) is 30.8 Å². The van der Waals surface area contributed by atoms with Crippen LogP contribution in [0.25, 0.3) is 0 Å². The number of ether oxygens (including phenoxy) is 1. The second-order valence-electron chi connectivity index (χ2n) is 4.09. The molecule has 0 radical (unpaired) electrons. The molecule has 1 aromatic carbocycles.